The second-order valence-electron chi connectivity index (χ2n) is 5.73. The molecule has 1 fully saturated rings. The van der Waals surface area contributed by atoms with Crippen LogP contribution in [0, 0.1) is 11.2 Å². The molecular weight excluding hydrogens is 273 g/mol. The van der Waals surface area contributed by atoms with Gasteiger partial charge in [-0.3, -0.25) is 10.3 Å². The monoisotopic (exact) mass is 295 g/mol. The van der Waals surface area contributed by atoms with Crippen LogP contribution in [0.15, 0.2) is 18.2 Å². The molecule has 0 radical (unpaired) electrons. The Balaban J connectivity index is 1.99. The molecule has 1 aromatic rings. The summed E-state index contributed by atoms with van der Waals surface area (Å²) in [6, 6.07) is 4.54. The summed E-state index contributed by atoms with van der Waals surface area (Å²) in [5.41, 5.74) is 5.48. The van der Waals surface area contributed by atoms with Crippen LogP contribution in [0.1, 0.15) is 24.0 Å². The molecule has 21 heavy (non-hydrogen) atoms. The van der Waals surface area contributed by atoms with Crippen LogP contribution < -0.4 is 5.73 Å². The van der Waals surface area contributed by atoms with Gasteiger partial charge >= 0.3 is 0 Å². The number of hydrogen-bond donors (Lipinski definition) is 3. The summed E-state index contributed by atoms with van der Waals surface area (Å²) < 4.78 is 19.2. The number of rotatable bonds is 5. The normalized spacial score (nSPS) is 17.9. The quantitative estimate of drug-likeness (QED) is 0.561. The van der Waals surface area contributed by atoms with Crippen molar-refractivity contribution in [2.75, 3.05) is 26.8 Å². The molecule has 6 heteroatoms. The molecule has 0 bridgehead atoms. The maximum atomic E-state index is 14.0. The van der Waals surface area contributed by atoms with Gasteiger partial charge in [0.25, 0.3) is 0 Å². The molecule has 1 saturated heterocycles. The van der Waals surface area contributed by atoms with Gasteiger partial charge in [0.2, 0.25) is 0 Å². The van der Waals surface area contributed by atoms with E-state index in [9.17, 15) is 9.50 Å². The smallest absolute Gasteiger partial charge is 0.128 e. The first-order valence-electron chi connectivity index (χ1n) is 7.01. The number of amidine groups is 1. The number of likely N-dealkylation sites (N-methyl/N-ethyl adjacent to an activating group) is 1. The third-order valence-electron chi connectivity index (χ3n) is 3.79. The van der Waals surface area contributed by atoms with Crippen molar-refractivity contribution in [3.05, 3.63) is 35.1 Å². The van der Waals surface area contributed by atoms with Crippen LogP contribution in [-0.4, -0.2) is 48.2 Å². The Hall–Kier alpha value is -1.50. The lowest BCUT2D eigenvalue weighted by Crippen LogP contribution is -2.45. The largest absolute Gasteiger partial charge is 0.388 e. The molecular formula is C15H22FN3O2. The highest BCUT2D eigenvalue weighted by Crippen LogP contribution is 2.22. The Morgan fingerprint density at radius 2 is 2.14 bits per heavy atom. The Labute approximate surface area is 124 Å². The van der Waals surface area contributed by atoms with Crippen molar-refractivity contribution in [3.8, 4) is 0 Å². The van der Waals surface area contributed by atoms with Gasteiger partial charge in [0, 0.05) is 50.3 Å². The van der Waals surface area contributed by atoms with Crippen molar-refractivity contribution in [2.45, 2.75) is 25.0 Å². The average Bonchev–Trinajstić information content (AvgIpc) is 2.41. The third kappa shape index (κ3) is 4.23. The van der Waals surface area contributed by atoms with Crippen LogP contribution >= 0.6 is 0 Å². The zero-order chi connectivity index (χ0) is 15.5. The lowest BCUT2D eigenvalue weighted by molar-refractivity contribution is -0.0778. The van der Waals surface area contributed by atoms with Crippen LogP contribution in [0.4, 0.5) is 4.39 Å². The van der Waals surface area contributed by atoms with Gasteiger partial charge < -0.3 is 15.6 Å². The van der Waals surface area contributed by atoms with E-state index in [0.29, 0.717) is 50.3 Å². The van der Waals surface area contributed by atoms with Gasteiger partial charge in [-0.15, -0.1) is 0 Å². The molecule has 116 valence electrons. The number of benzene rings is 1. The standard InChI is InChI=1S/C15H22FN3O2/c1-19(10-15(20)4-6-21-7-5-15)9-12-3-2-11(14(17)18)8-13(12)16/h2-3,8,20H,4-7,9-10H2,1H3,(H3,17,18). The first-order chi connectivity index (χ1) is 9.89. The molecule has 0 saturated carbocycles. The summed E-state index contributed by atoms with van der Waals surface area (Å²) in [6.07, 6.45) is 1.20. The molecule has 0 spiro atoms. The molecule has 0 aliphatic carbocycles. The van der Waals surface area contributed by atoms with Crippen molar-refractivity contribution in [1.82, 2.24) is 4.90 Å². The minimum Gasteiger partial charge on any atom is -0.388 e. The minimum atomic E-state index is -0.761. The molecule has 2 rings (SSSR count). The summed E-state index contributed by atoms with van der Waals surface area (Å²) in [4.78, 5) is 1.90. The van der Waals surface area contributed by atoms with E-state index in [1.807, 2.05) is 11.9 Å². The van der Waals surface area contributed by atoms with Crippen LogP contribution in [0.5, 0.6) is 0 Å². The molecule has 1 heterocycles. The number of nitrogens with two attached hydrogens (primary N) is 1. The number of halogens is 1. The predicted molar refractivity (Wildman–Crippen MR) is 78.8 cm³/mol. The summed E-state index contributed by atoms with van der Waals surface area (Å²) >= 11 is 0. The predicted octanol–water partition coefficient (Wildman–Crippen LogP) is 1.08. The molecule has 1 aliphatic heterocycles. The van der Waals surface area contributed by atoms with Gasteiger partial charge in [0.05, 0.1) is 5.60 Å². The van der Waals surface area contributed by atoms with Crippen molar-refractivity contribution in [3.63, 3.8) is 0 Å². The second-order valence-corrected chi connectivity index (χ2v) is 5.73. The van der Waals surface area contributed by atoms with Crippen molar-refractivity contribution >= 4 is 5.84 Å². The first kappa shape index (κ1) is 15.9. The summed E-state index contributed by atoms with van der Waals surface area (Å²) in [7, 11) is 1.85. The maximum absolute atomic E-state index is 14.0. The SMILES string of the molecule is CN(Cc1ccc(C(=N)N)cc1F)CC1(O)CCOCC1. The van der Waals surface area contributed by atoms with E-state index < -0.39 is 5.60 Å². The van der Waals surface area contributed by atoms with E-state index in [0.717, 1.165) is 0 Å². The van der Waals surface area contributed by atoms with Gasteiger partial charge in [0.1, 0.15) is 11.7 Å². The highest BCUT2D eigenvalue weighted by Gasteiger charge is 2.31. The highest BCUT2D eigenvalue weighted by molar-refractivity contribution is 5.94. The van der Waals surface area contributed by atoms with Crippen LogP contribution in [-0.2, 0) is 11.3 Å². The van der Waals surface area contributed by atoms with E-state index in [4.69, 9.17) is 15.9 Å². The Bertz CT molecular complexity index is 516. The fourth-order valence-electron chi connectivity index (χ4n) is 2.60. The van der Waals surface area contributed by atoms with E-state index in [2.05, 4.69) is 0 Å². The number of ether oxygens (including phenoxy) is 1. The van der Waals surface area contributed by atoms with Crippen LogP contribution in [0.2, 0.25) is 0 Å². The Kier molecular flexibility index (Phi) is 4.92. The van der Waals surface area contributed by atoms with Gasteiger partial charge in [-0.05, 0) is 13.1 Å². The zero-order valence-electron chi connectivity index (χ0n) is 12.2. The van der Waals surface area contributed by atoms with Crippen molar-refractivity contribution < 1.29 is 14.2 Å². The fourth-order valence-corrected chi connectivity index (χ4v) is 2.60. The summed E-state index contributed by atoms with van der Waals surface area (Å²) in [6.45, 7) is 2.00. The molecule has 0 aromatic heterocycles. The van der Waals surface area contributed by atoms with Gasteiger partial charge in [-0.25, -0.2) is 4.39 Å². The molecule has 5 nitrogen and oxygen atoms in total. The Morgan fingerprint density at radius 1 is 1.48 bits per heavy atom. The maximum Gasteiger partial charge on any atom is 0.128 e. The van der Waals surface area contributed by atoms with E-state index in [1.165, 1.54) is 6.07 Å². The average molecular weight is 295 g/mol. The summed E-state index contributed by atoms with van der Waals surface area (Å²) in [5.74, 6) is -0.529. The Morgan fingerprint density at radius 3 is 2.71 bits per heavy atom. The summed E-state index contributed by atoms with van der Waals surface area (Å²) in [5, 5.41) is 17.7. The minimum absolute atomic E-state index is 0.148. The lowest BCUT2D eigenvalue weighted by Gasteiger charge is -2.35. The van der Waals surface area contributed by atoms with Gasteiger partial charge in [0.15, 0.2) is 0 Å². The number of nitrogens with zero attached hydrogens (tertiary/aromatic N) is 1. The van der Waals surface area contributed by atoms with E-state index >= 15 is 0 Å². The highest BCUT2D eigenvalue weighted by atomic mass is 19.1. The number of aliphatic hydroxyl groups is 1. The molecule has 0 atom stereocenters. The van der Waals surface area contributed by atoms with E-state index in [1.54, 1.807) is 12.1 Å². The van der Waals surface area contributed by atoms with Crippen LogP contribution in [0.25, 0.3) is 0 Å². The molecule has 1 aromatic carbocycles. The number of nitrogen functional groups attached to an aromatic ring is 1. The zero-order valence-corrected chi connectivity index (χ0v) is 12.2. The number of nitrogens with one attached hydrogen (secondary N) is 1. The van der Waals surface area contributed by atoms with Crippen molar-refractivity contribution in [2.24, 2.45) is 5.73 Å². The second kappa shape index (κ2) is 6.51. The molecule has 1 aliphatic rings. The molecule has 0 amide bonds. The lowest BCUT2D eigenvalue weighted by atomic mass is 9.94. The first-order valence-corrected chi connectivity index (χ1v) is 7.01. The van der Waals surface area contributed by atoms with Crippen LogP contribution in [0.3, 0.4) is 0 Å². The molecule has 4 N–H and O–H groups in total. The number of hydrogen-bond acceptors (Lipinski definition) is 4. The van der Waals surface area contributed by atoms with Crippen molar-refractivity contribution in [1.29, 1.82) is 5.41 Å². The van der Waals surface area contributed by atoms with E-state index in [-0.39, 0.29) is 11.7 Å². The third-order valence-corrected chi connectivity index (χ3v) is 3.79. The fraction of sp³-hybridized carbons (Fsp3) is 0.533. The topological polar surface area (TPSA) is 82.6 Å². The molecule has 0 unspecified atom stereocenters. The van der Waals surface area contributed by atoms with Gasteiger partial charge in [-0.1, -0.05) is 12.1 Å². The van der Waals surface area contributed by atoms with Gasteiger partial charge in [-0.2, -0.15) is 0 Å².